The molecule has 2 amide bonds. The number of carbonyl (C=O) groups is 2. The molecule has 0 aliphatic heterocycles. The highest BCUT2D eigenvalue weighted by Crippen LogP contribution is 2.15. The van der Waals surface area contributed by atoms with Gasteiger partial charge in [-0.15, -0.1) is 0 Å². The van der Waals surface area contributed by atoms with E-state index >= 15 is 0 Å². The zero-order valence-electron chi connectivity index (χ0n) is 18.5. The largest absolute Gasteiger partial charge is 0.497 e. The lowest BCUT2D eigenvalue weighted by molar-refractivity contribution is -0.116. The van der Waals surface area contributed by atoms with Gasteiger partial charge in [-0.2, -0.15) is 0 Å². The zero-order chi connectivity index (χ0) is 23.4. The van der Waals surface area contributed by atoms with Crippen molar-refractivity contribution in [3.63, 3.8) is 0 Å². The van der Waals surface area contributed by atoms with Crippen molar-refractivity contribution < 1.29 is 22.7 Å². The number of benzene rings is 2. The maximum absolute atomic E-state index is 12.3. The van der Waals surface area contributed by atoms with Crippen LogP contribution in [-0.4, -0.2) is 40.4 Å². The van der Waals surface area contributed by atoms with Crippen LogP contribution < -0.4 is 20.1 Å². The Morgan fingerprint density at radius 2 is 1.72 bits per heavy atom. The molecule has 0 atom stereocenters. The Bertz CT molecular complexity index is 991. The predicted octanol–water partition coefficient (Wildman–Crippen LogP) is 3.31. The van der Waals surface area contributed by atoms with Crippen LogP contribution in [0.1, 0.15) is 49.4 Å². The molecule has 0 unspecified atom stereocenters. The minimum absolute atomic E-state index is 0.0784. The lowest BCUT2D eigenvalue weighted by atomic mass is 10.2. The summed E-state index contributed by atoms with van der Waals surface area (Å²) in [5.41, 5.74) is 0.927. The summed E-state index contributed by atoms with van der Waals surface area (Å²) in [5.74, 6) is -0.0124. The van der Waals surface area contributed by atoms with Crippen molar-refractivity contribution in [1.29, 1.82) is 0 Å². The second-order valence-electron chi connectivity index (χ2n) is 7.27. The van der Waals surface area contributed by atoms with E-state index in [1.165, 1.54) is 19.2 Å². The summed E-state index contributed by atoms with van der Waals surface area (Å²) >= 11 is 0. The molecule has 3 N–H and O–H groups in total. The molecule has 32 heavy (non-hydrogen) atoms. The Labute approximate surface area is 189 Å². The van der Waals surface area contributed by atoms with Crippen LogP contribution in [0.15, 0.2) is 53.4 Å². The van der Waals surface area contributed by atoms with Crippen molar-refractivity contribution in [3.8, 4) is 5.75 Å². The van der Waals surface area contributed by atoms with Gasteiger partial charge in [0.25, 0.3) is 5.91 Å². The number of rotatable bonds is 13. The molecule has 0 radical (unpaired) electrons. The van der Waals surface area contributed by atoms with E-state index in [0.717, 1.165) is 25.7 Å². The molecule has 2 aromatic carbocycles. The van der Waals surface area contributed by atoms with Gasteiger partial charge in [-0.25, -0.2) is 13.1 Å². The van der Waals surface area contributed by atoms with E-state index in [2.05, 4.69) is 22.3 Å². The Hall–Kier alpha value is -2.91. The Balaban J connectivity index is 1.78. The first-order valence-electron chi connectivity index (χ1n) is 10.7. The summed E-state index contributed by atoms with van der Waals surface area (Å²) in [6.07, 6.45) is 4.05. The van der Waals surface area contributed by atoms with Gasteiger partial charge in [0.2, 0.25) is 15.9 Å². The number of nitrogens with one attached hydrogen (secondary N) is 3. The van der Waals surface area contributed by atoms with Gasteiger partial charge in [-0.3, -0.25) is 9.59 Å². The molecule has 2 rings (SSSR count). The predicted molar refractivity (Wildman–Crippen MR) is 124 cm³/mol. The highest BCUT2D eigenvalue weighted by molar-refractivity contribution is 7.89. The monoisotopic (exact) mass is 461 g/mol. The summed E-state index contributed by atoms with van der Waals surface area (Å²) in [6.45, 7) is 2.67. The Kier molecular flexibility index (Phi) is 10.2. The number of methoxy groups -OCH3 is 1. The van der Waals surface area contributed by atoms with E-state index in [1.54, 1.807) is 36.4 Å². The van der Waals surface area contributed by atoms with E-state index in [9.17, 15) is 18.0 Å². The molecular formula is C23H31N3O5S. The molecular weight excluding hydrogens is 430 g/mol. The lowest BCUT2D eigenvalue weighted by Crippen LogP contribution is -2.27. The molecule has 174 valence electrons. The van der Waals surface area contributed by atoms with E-state index < -0.39 is 10.0 Å². The minimum Gasteiger partial charge on any atom is -0.497 e. The van der Waals surface area contributed by atoms with Crippen molar-refractivity contribution in [3.05, 3.63) is 54.1 Å². The fraction of sp³-hybridized carbons (Fsp3) is 0.391. The first kappa shape index (κ1) is 25.4. The molecule has 0 saturated carbocycles. The molecule has 0 saturated heterocycles. The molecule has 2 aromatic rings. The highest BCUT2D eigenvalue weighted by atomic mass is 32.2. The van der Waals surface area contributed by atoms with Crippen molar-refractivity contribution in [2.45, 2.75) is 43.9 Å². The minimum atomic E-state index is -3.57. The average molecular weight is 462 g/mol. The van der Waals surface area contributed by atoms with Crippen LogP contribution in [0, 0.1) is 0 Å². The van der Waals surface area contributed by atoms with Crippen LogP contribution in [0.2, 0.25) is 0 Å². The summed E-state index contributed by atoms with van der Waals surface area (Å²) in [6, 6.07) is 12.7. The molecule has 8 nitrogen and oxygen atoms in total. The standard InChI is InChI=1S/C23H31N3O5S/c1-3-4-5-6-15-25-32(29,30)21-12-10-19(11-13-21)26-22(27)14-16-24-23(28)18-8-7-9-20(17-18)31-2/h7-13,17,25H,3-6,14-16H2,1-2H3,(H,24,28)(H,26,27). The number of hydrogen-bond donors (Lipinski definition) is 3. The van der Waals surface area contributed by atoms with Crippen LogP contribution in [0.3, 0.4) is 0 Å². The lowest BCUT2D eigenvalue weighted by Gasteiger charge is -2.09. The van der Waals surface area contributed by atoms with Crippen LogP contribution in [-0.2, 0) is 14.8 Å². The van der Waals surface area contributed by atoms with Gasteiger partial charge in [0, 0.05) is 30.8 Å². The third-order valence-corrected chi connectivity index (χ3v) is 6.22. The van der Waals surface area contributed by atoms with Crippen LogP contribution in [0.4, 0.5) is 5.69 Å². The highest BCUT2D eigenvalue weighted by Gasteiger charge is 2.13. The number of sulfonamides is 1. The van der Waals surface area contributed by atoms with Crippen LogP contribution in [0.25, 0.3) is 0 Å². The second-order valence-corrected chi connectivity index (χ2v) is 9.04. The van der Waals surface area contributed by atoms with Gasteiger partial charge in [0.1, 0.15) is 5.75 Å². The second kappa shape index (κ2) is 12.8. The molecule has 0 spiro atoms. The Morgan fingerprint density at radius 1 is 0.969 bits per heavy atom. The van der Waals surface area contributed by atoms with Gasteiger partial charge in [-0.1, -0.05) is 32.3 Å². The first-order valence-corrected chi connectivity index (χ1v) is 12.2. The summed E-state index contributed by atoms with van der Waals surface area (Å²) < 4.78 is 32.3. The maximum atomic E-state index is 12.3. The van der Waals surface area contributed by atoms with Gasteiger partial charge in [0.05, 0.1) is 12.0 Å². The molecule has 0 bridgehead atoms. The summed E-state index contributed by atoms with van der Waals surface area (Å²) in [5, 5.41) is 5.38. The number of carbonyl (C=O) groups excluding carboxylic acids is 2. The third-order valence-electron chi connectivity index (χ3n) is 4.74. The van der Waals surface area contributed by atoms with Gasteiger partial charge in [0.15, 0.2) is 0 Å². The number of hydrogen-bond acceptors (Lipinski definition) is 5. The first-order chi connectivity index (χ1) is 15.4. The number of anilines is 1. The number of ether oxygens (including phenoxy) is 1. The average Bonchev–Trinajstić information content (AvgIpc) is 2.79. The molecule has 0 heterocycles. The van der Waals surface area contributed by atoms with Crippen molar-refractivity contribution >= 4 is 27.5 Å². The molecule has 0 aliphatic carbocycles. The molecule has 0 fully saturated rings. The summed E-state index contributed by atoms with van der Waals surface area (Å²) in [4.78, 5) is 24.4. The van der Waals surface area contributed by atoms with Gasteiger partial charge >= 0.3 is 0 Å². The fourth-order valence-electron chi connectivity index (χ4n) is 2.94. The zero-order valence-corrected chi connectivity index (χ0v) is 19.3. The SMILES string of the molecule is CCCCCCNS(=O)(=O)c1ccc(NC(=O)CCNC(=O)c2cccc(OC)c2)cc1. The van der Waals surface area contributed by atoms with Crippen LogP contribution >= 0.6 is 0 Å². The Morgan fingerprint density at radius 3 is 2.41 bits per heavy atom. The van der Waals surface area contributed by atoms with E-state index in [1.807, 2.05) is 0 Å². The topological polar surface area (TPSA) is 114 Å². The van der Waals surface area contributed by atoms with Crippen molar-refractivity contribution in [1.82, 2.24) is 10.0 Å². The van der Waals surface area contributed by atoms with Crippen molar-refractivity contribution in [2.75, 3.05) is 25.5 Å². The smallest absolute Gasteiger partial charge is 0.251 e. The van der Waals surface area contributed by atoms with Crippen LogP contribution in [0.5, 0.6) is 5.75 Å². The molecule has 0 aliphatic rings. The third kappa shape index (κ3) is 8.32. The maximum Gasteiger partial charge on any atom is 0.251 e. The quantitative estimate of drug-likeness (QED) is 0.396. The fourth-order valence-corrected chi connectivity index (χ4v) is 4.01. The van der Waals surface area contributed by atoms with E-state index in [0.29, 0.717) is 23.5 Å². The molecule has 0 aromatic heterocycles. The van der Waals surface area contributed by atoms with Crippen molar-refractivity contribution in [2.24, 2.45) is 0 Å². The normalized spacial score (nSPS) is 11.1. The molecule has 9 heteroatoms. The van der Waals surface area contributed by atoms with E-state index in [4.69, 9.17) is 4.74 Å². The summed E-state index contributed by atoms with van der Waals surface area (Å²) in [7, 11) is -2.04. The van der Waals surface area contributed by atoms with E-state index in [-0.39, 0.29) is 29.7 Å². The van der Waals surface area contributed by atoms with Gasteiger partial charge in [-0.05, 0) is 48.9 Å². The van der Waals surface area contributed by atoms with Gasteiger partial charge < -0.3 is 15.4 Å². The number of unbranched alkanes of at least 4 members (excludes halogenated alkanes) is 3. The number of amides is 2.